The van der Waals surface area contributed by atoms with Gasteiger partial charge >= 0.3 is 0 Å². The van der Waals surface area contributed by atoms with E-state index in [1.54, 1.807) is 12.1 Å². The smallest absolute Gasteiger partial charge is 0.273 e. The second-order valence-corrected chi connectivity index (χ2v) is 8.23. The van der Waals surface area contributed by atoms with Crippen molar-refractivity contribution in [3.8, 4) is 5.75 Å². The van der Waals surface area contributed by atoms with Crippen LogP contribution in [0, 0.1) is 11.7 Å². The van der Waals surface area contributed by atoms with Crippen molar-refractivity contribution in [1.29, 1.82) is 0 Å². The van der Waals surface area contributed by atoms with Crippen LogP contribution >= 0.6 is 0 Å². The van der Waals surface area contributed by atoms with Gasteiger partial charge in [0.15, 0.2) is 5.69 Å². The zero-order chi connectivity index (χ0) is 22.2. The standard InChI is InChI=1S/C22H31FN4O4/c1-16(2)11-24-22(29)20-15-31-21(25-20)13-27-9-7-26(8-10-27)12-18(28)14-30-19-5-3-17(23)4-6-19/h3-6,15-16,18,28H,7-14H2,1-2H3,(H,24,29). The Bertz CT molecular complexity index is 819. The first-order chi connectivity index (χ1) is 14.9. The molecule has 0 aliphatic carbocycles. The molecule has 1 saturated heterocycles. The Labute approximate surface area is 182 Å². The van der Waals surface area contributed by atoms with Crippen LogP contribution in [0.3, 0.4) is 0 Å². The Morgan fingerprint density at radius 2 is 1.90 bits per heavy atom. The fraction of sp³-hybridized carbons (Fsp3) is 0.545. The van der Waals surface area contributed by atoms with Crippen molar-refractivity contribution in [1.82, 2.24) is 20.1 Å². The minimum atomic E-state index is -0.629. The van der Waals surface area contributed by atoms with Crippen molar-refractivity contribution >= 4 is 5.91 Å². The number of rotatable bonds is 10. The summed E-state index contributed by atoms with van der Waals surface area (Å²) in [4.78, 5) is 20.7. The number of piperazine rings is 1. The molecule has 1 amide bonds. The van der Waals surface area contributed by atoms with E-state index in [-0.39, 0.29) is 18.3 Å². The number of hydrogen-bond donors (Lipinski definition) is 2. The molecule has 170 valence electrons. The van der Waals surface area contributed by atoms with Gasteiger partial charge < -0.3 is 19.6 Å². The highest BCUT2D eigenvalue weighted by Crippen LogP contribution is 2.13. The first-order valence-electron chi connectivity index (χ1n) is 10.6. The van der Waals surface area contributed by atoms with Crippen molar-refractivity contribution in [3.63, 3.8) is 0 Å². The maximum Gasteiger partial charge on any atom is 0.273 e. The highest BCUT2D eigenvalue weighted by Gasteiger charge is 2.21. The molecule has 0 bridgehead atoms. The average molecular weight is 435 g/mol. The molecule has 1 aliphatic rings. The number of amides is 1. The van der Waals surface area contributed by atoms with Crippen molar-refractivity contribution in [3.05, 3.63) is 47.9 Å². The van der Waals surface area contributed by atoms with Gasteiger partial charge in [-0.15, -0.1) is 0 Å². The number of ether oxygens (including phenoxy) is 1. The van der Waals surface area contributed by atoms with E-state index in [9.17, 15) is 14.3 Å². The van der Waals surface area contributed by atoms with Gasteiger partial charge in [0.1, 0.15) is 30.5 Å². The molecule has 1 fully saturated rings. The van der Waals surface area contributed by atoms with E-state index in [1.807, 2.05) is 13.8 Å². The van der Waals surface area contributed by atoms with Gasteiger partial charge in [0.2, 0.25) is 5.89 Å². The molecule has 31 heavy (non-hydrogen) atoms. The third-order valence-corrected chi connectivity index (χ3v) is 5.00. The lowest BCUT2D eigenvalue weighted by Crippen LogP contribution is -2.48. The number of hydrogen-bond acceptors (Lipinski definition) is 7. The number of benzene rings is 1. The summed E-state index contributed by atoms with van der Waals surface area (Å²) in [5.41, 5.74) is 0.304. The summed E-state index contributed by atoms with van der Waals surface area (Å²) >= 11 is 0. The lowest BCUT2D eigenvalue weighted by Gasteiger charge is -2.34. The Morgan fingerprint density at radius 1 is 1.23 bits per heavy atom. The van der Waals surface area contributed by atoms with Crippen molar-refractivity contribution < 1.29 is 23.4 Å². The van der Waals surface area contributed by atoms with Crippen LogP contribution in [0.1, 0.15) is 30.2 Å². The van der Waals surface area contributed by atoms with Gasteiger partial charge in [-0.1, -0.05) is 13.8 Å². The van der Waals surface area contributed by atoms with Crippen LogP contribution in [-0.2, 0) is 6.54 Å². The summed E-state index contributed by atoms with van der Waals surface area (Å²) in [5.74, 6) is 0.899. The van der Waals surface area contributed by atoms with E-state index in [2.05, 4.69) is 20.1 Å². The van der Waals surface area contributed by atoms with Gasteiger partial charge in [0.25, 0.3) is 5.91 Å². The van der Waals surface area contributed by atoms with Crippen LogP contribution in [0.25, 0.3) is 0 Å². The maximum absolute atomic E-state index is 12.9. The van der Waals surface area contributed by atoms with Crippen LogP contribution in [0.15, 0.2) is 34.9 Å². The quantitative estimate of drug-likeness (QED) is 0.589. The zero-order valence-corrected chi connectivity index (χ0v) is 18.1. The van der Waals surface area contributed by atoms with E-state index in [0.29, 0.717) is 42.9 Å². The Balaban J connectivity index is 1.36. The topological polar surface area (TPSA) is 91.1 Å². The van der Waals surface area contributed by atoms with E-state index in [4.69, 9.17) is 9.15 Å². The molecule has 1 atom stereocenters. The molecule has 0 spiro atoms. The van der Waals surface area contributed by atoms with Crippen molar-refractivity contribution in [2.75, 3.05) is 45.9 Å². The average Bonchev–Trinajstić information content (AvgIpc) is 3.21. The molecule has 9 heteroatoms. The molecule has 0 radical (unpaired) electrons. The normalized spacial score (nSPS) is 16.4. The fourth-order valence-corrected chi connectivity index (χ4v) is 3.27. The van der Waals surface area contributed by atoms with Gasteiger partial charge in [-0.25, -0.2) is 9.37 Å². The third-order valence-electron chi connectivity index (χ3n) is 5.00. The third kappa shape index (κ3) is 7.61. The van der Waals surface area contributed by atoms with Crippen molar-refractivity contribution in [2.24, 2.45) is 5.92 Å². The summed E-state index contributed by atoms with van der Waals surface area (Å²) in [6, 6.07) is 5.75. The number of halogens is 1. The fourth-order valence-electron chi connectivity index (χ4n) is 3.27. The zero-order valence-electron chi connectivity index (χ0n) is 18.1. The van der Waals surface area contributed by atoms with Crippen LogP contribution < -0.4 is 10.1 Å². The lowest BCUT2D eigenvalue weighted by atomic mass is 10.2. The summed E-state index contributed by atoms with van der Waals surface area (Å²) in [6.07, 6.45) is 0.772. The van der Waals surface area contributed by atoms with E-state index in [0.717, 1.165) is 26.2 Å². The van der Waals surface area contributed by atoms with Crippen LogP contribution in [0.4, 0.5) is 4.39 Å². The maximum atomic E-state index is 12.9. The van der Waals surface area contributed by atoms with Gasteiger partial charge in [-0.3, -0.25) is 14.6 Å². The predicted molar refractivity (Wildman–Crippen MR) is 113 cm³/mol. The largest absolute Gasteiger partial charge is 0.491 e. The minimum Gasteiger partial charge on any atom is -0.491 e. The van der Waals surface area contributed by atoms with E-state index >= 15 is 0 Å². The summed E-state index contributed by atoms with van der Waals surface area (Å²) in [5, 5.41) is 13.1. The Morgan fingerprint density at radius 3 is 2.58 bits per heavy atom. The number of nitrogens with one attached hydrogen (secondary N) is 1. The number of oxazole rings is 1. The number of nitrogens with zero attached hydrogens (tertiary/aromatic N) is 3. The second kappa shape index (κ2) is 11.2. The SMILES string of the molecule is CC(C)CNC(=O)c1coc(CN2CCN(CC(O)COc3ccc(F)cc3)CC2)n1. The van der Waals surface area contributed by atoms with Crippen LogP contribution in [0.2, 0.25) is 0 Å². The van der Waals surface area contributed by atoms with Gasteiger partial charge in [-0.2, -0.15) is 0 Å². The number of β-amino-alcohol motifs (C(OH)–C–C–N with tert-alkyl or cyclic N) is 1. The van der Waals surface area contributed by atoms with Crippen LogP contribution in [0.5, 0.6) is 5.75 Å². The van der Waals surface area contributed by atoms with Gasteiger partial charge in [-0.05, 0) is 30.2 Å². The van der Waals surface area contributed by atoms with Gasteiger partial charge in [0, 0.05) is 39.3 Å². The summed E-state index contributed by atoms with van der Waals surface area (Å²) in [7, 11) is 0. The molecule has 3 rings (SSSR count). The second-order valence-electron chi connectivity index (χ2n) is 8.23. The number of aliphatic hydroxyl groups is 1. The van der Waals surface area contributed by atoms with Crippen LogP contribution in [-0.4, -0.2) is 77.8 Å². The molecule has 0 saturated carbocycles. The molecule has 1 aromatic heterocycles. The van der Waals surface area contributed by atoms with E-state index < -0.39 is 6.10 Å². The molecule has 8 nitrogen and oxygen atoms in total. The Kier molecular flexibility index (Phi) is 8.39. The van der Waals surface area contributed by atoms with Gasteiger partial charge in [0.05, 0.1) is 6.54 Å². The highest BCUT2D eigenvalue weighted by molar-refractivity contribution is 5.91. The van der Waals surface area contributed by atoms with Crippen molar-refractivity contribution in [2.45, 2.75) is 26.5 Å². The first-order valence-corrected chi connectivity index (χ1v) is 10.6. The summed E-state index contributed by atoms with van der Waals surface area (Å²) < 4.78 is 23.9. The molecule has 1 unspecified atom stereocenters. The molecule has 2 N–H and O–H groups in total. The highest BCUT2D eigenvalue weighted by atomic mass is 19.1. The number of carbonyl (C=O) groups is 1. The Hall–Kier alpha value is -2.49. The molecular weight excluding hydrogens is 403 g/mol. The molecule has 1 aliphatic heterocycles. The lowest BCUT2D eigenvalue weighted by molar-refractivity contribution is 0.0430. The van der Waals surface area contributed by atoms with E-state index in [1.165, 1.54) is 18.4 Å². The number of aliphatic hydroxyl groups excluding tert-OH is 1. The number of aromatic nitrogens is 1. The molecule has 2 heterocycles. The molecular formula is C22H31FN4O4. The monoisotopic (exact) mass is 434 g/mol. The molecule has 1 aromatic carbocycles. The minimum absolute atomic E-state index is 0.157. The predicted octanol–water partition coefficient (Wildman–Crippen LogP) is 1.76. The first kappa shape index (κ1) is 23.2. The summed E-state index contributed by atoms with van der Waals surface area (Å²) in [6.45, 7) is 9.10. The number of carbonyl (C=O) groups excluding carboxylic acids is 1. The molecule has 2 aromatic rings.